The quantitative estimate of drug-likeness (QED) is 0.694. The van der Waals surface area contributed by atoms with Crippen LogP contribution in [0.1, 0.15) is 41.4 Å². The second-order valence-corrected chi connectivity index (χ2v) is 7.46. The van der Waals surface area contributed by atoms with Gasteiger partial charge in [-0.3, -0.25) is 4.90 Å². The summed E-state index contributed by atoms with van der Waals surface area (Å²) in [5.74, 6) is 1.57. The average Bonchev–Trinajstić information content (AvgIpc) is 3.35. The number of benzene rings is 1. The molecule has 0 bridgehead atoms. The molecule has 1 saturated heterocycles. The fourth-order valence-corrected chi connectivity index (χ4v) is 4.27. The Balaban J connectivity index is 1.48. The van der Waals surface area contributed by atoms with Crippen molar-refractivity contribution in [2.24, 2.45) is 0 Å². The fraction of sp³-hybridized carbons (Fsp3) is 0.350. The smallest absolute Gasteiger partial charge is 0.113 e. The number of nitriles is 1. The number of hydrogen-bond donors (Lipinski definition) is 0. The topological polar surface area (TPSA) is 57.7 Å². The molecule has 132 valence electrons. The largest absolute Gasteiger partial charge is 0.329 e. The molecule has 0 radical (unpaired) electrons. The predicted octanol–water partition coefficient (Wildman–Crippen LogP) is 3.64. The highest BCUT2D eigenvalue weighted by Crippen LogP contribution is 2.27. The average molecular weight is 363 g/mol. The number of hydrogen-bond acceptors (Lipinski definition) is 5. The van der Waals surface area contributed by atoms with Crippen LogP contribution in [0, 0.1) is 11.3 Å². The molecule has 0 aliphatic carbocycles. The Morgan fingerprint density at radius 1 is 1.23 bits per heavy atom. The maximum absolute atomic E-state index is 9.32. The van der Waals surface area contributed by atoms with E-state index in [2.05, 4.69) is 43.1 Å². The van der Waals surface area contributed by atoms with E-state index >= 15 is 0 Å². The van der Waals surface area contributed by atoms with Crippen LogP contribution >= 0.6 is 11.3 Å². The highest BCUT2D eigenvalue weighted by molar-refractivity contribution is 7.07. The van der Waals surface area contributed by atoms with Crippen molar-refractivity contribution in [1.29, 1.82) is 5.26 Å². The van der Waals surface area contributed by atoms with Gasteiger partial charge < -0.3 is 4.57 Å². The molecule has 3 heterocycles. The number of aromatic nitrogens is 3. The van der Waals surface area contributed by atoms with Crippen LogP contribution in [0.3, 0.4) is 0 Å². The highest BCUT2D eigenvalue weighted by Gasteiger charge is 2.25. The van der Waals surface area contributed by atoms with E-state index in [1.807, 2.05) is 29.9 Å². The van der Waals surface area contributed by atoms with Crippen molar-refractivity contribution < 1.29 is 0 Å². The van der Waals surface area contributed by atoms with Gasteiger partial charge in [-0.05, 0) is 31.0 Å². The van der Waals surface area contributed by atoms with Crippen LogP contribution < -0.4 is 0 Å². The standard InChI is InChI=1S/C20H21N5S/c21-10-16-4-1-2-5-17(16)11-24-8-3-6-18(12-24)20-22-7-9-25(20)13-19-14-26-15-23-19/h1-2,4-5,7,9,14-15,18H,3,6,8,11-13H2/t18-/m1/s1. The SMILES string of the molecule is N#Cc1ccccc1CN1CCC[C@@H](c2nccn2Cc2cscn2)C1. The molecule has 4 rings (SSSR count). The first-order valence-electron chi connectivity index (χ1n) is 8.92. The van der Waals surface area contributed by atoms with Crippen LogP contribution in [0.15, 0.2) is 47.5 Å². The van der Waals surface area contributed by atoms with Crippen LogP contribution in [0.4, 0.5) is 0 Å². The maximum Gasteiger partial charge on any atom is 0.113 e. The van der Waals surface area contributed by atoms with Gasteiger partial charge in [0.1, 0.15) is 5.82 Å². The van der Waals surface area contributed by atoms with Crippen molar-refractivity contribution in [3.05, 3.63) is 70.2 Å². The van der Waals surface area contributed by atoms with E-state index in [4.69, 9.17) is 0 Å². The first-order valence-corrected chi connectivity index (χ1v) is 9.86. The summed E-state index contributed by atoms with van der Waals surface area (Å²) < 4.78 is 2.23. The summed E-state index contributed by atoms with van der Waals surface area (Å²) in [6.45, 7) is 3.66. The number of rotatable bonds is 5. The van der Waals surface area contributed by atoms with Crippen LogP contribution in [-0.4, -0.2) is 32.5 Å². The Morgan fingerprint density at radius 3 is 3.00 bits per heavy atom. The van der Waals surface area contributed by atoms with E-state index in [1.54, 1.807) is 11.3 Å². The van der Waals surface area contributed by atoms with Crippen LogP contribution in [0.25, 0.3) is 0 Å². The molecule has 2 aromatic heterocycles. The van der Waals surface area contributed by atoms with Crippen molar-refractivity contribution in [3.8, 4) is 6.07 Å². The van der Waals surface area contributed by atoms with Crippen LogP contribution in [0.2, 0.25) is 0 Å². The number of likely N-dealkylation sites (tertiary alicyclic amines) is 1. The summed E-state index contributed by atoms with van der Waals surface area (Å²) in [4.78, 5) is 11.5. The number of nitrogens with zero attached hydrogens (tertiary/aromatic N) is 5. The van der Waals surface area contributed by atoms with Crippen molar-refractivity contribution in [2.75, 3.05) is 13.1 Å². The molecular weight excluding hydrogens is 342 g/mol. The molecule has 0 amide bonds. The monoisotopic (exact) mass is 363 g/mol. The second kappa shape index (κ2) is 7.81. The van der Waals surface area contributed by atoms with Crippen molar-refractivity contribution in [2.45, 2.75) is 31.8 Å². The van der Waals surface area contributed by atoms with Crippen molar-refractivity contribution in [1.82, 2.24) is 19.4 Å². The molecule has 26 heavy (non-hydrogen) atoms. The minimum absolute atomic E-state index is 0.423. The molecule has 0 N–H and O–H groups in total. The van der Waals surface area contributed by atoms with E-state index in [-0.39, 0.29) is 0 Å². The Morgan fingerprint density at radius 2 is 2.15 bits per heavy atom. The van der Waals surface area contributed by atoms with Gasteiger partial charge in [-0.15, -0.1) is 11.3 Å². The van der Waals surface area contributed by atoms with Crippen molar-refractivity contribution >= 4 is 11.3 Å². The van der Waals surface area contributed by atoms with Gasteiger partial charge in [0.2, 0.25) is 0 Å². The highest BCUT2D eigenvalue weighted by atomic mass is 32.1. The molecule has 1 atom stereocenters. The molecule has 1 fully saturated rings. The van der Waals surface area contributed by atoms with Gasteiger partial charge in [-0.25, -0.2) is 9.97 Å². The van der Waals surface area contributed by atoms with Gasteiger partial charge >= 0.3 is 0 Å². The zero-order valence-corrected chi connectivity index (χ0v) is 15.4. The zero-order valence-electron chi connectivity index (χ0n) is 14.6. The first kappa shape index (κ1) is 17.0. The van der Waals surface area contributed by atoms with Crippen LogP contribution in [-0.2, 0) is 13.1 Å². The number of imidazole rings is 1. The minimum Gasteiger partial charge on any atom is -0.329 e. The molecule has 1 aromatic carbocycles. The lowest BCUT2D eigenvalue weighted by Crippen LogP contribution is -2.35. The van der Waals surface area contributed by atoms with Crippen LogP contribution in [0.5, 0.6) is 0 Å². The summed E-state index contributed by atoms with van der Waals surface area (Å²) in [5, 5.41) is 11.4. The fourth-order valence-electron chi connectivity index (χ4n) is 3.72. The Hall–Kier alpha value is -2.49. The lowest BCUT2D eigenvalue weighted by Gasteiger charge is -2.32. The molecule has 5 nitrogen and oxygen atoms in total. The molecule has 1 aliphatic rings. The van der Waals surface area contributed by atoms with E-state index in [9.17, 15) is 5.26 Å². The molecule has 0 spiro atoms. The van der Waals surface area contributed by atoms with Gasteiger partial charge in [-0.2, -0.15) is 5.26 Å². The zero-order chi connectivity index (χ0) is 17.8. The molecule has 0 unspecified atom stereocenters. The third-order valence-electron chi connectivity index (χ3n) is 4.97. The third kappa shape index (κ3) is 3.69. The van der Waals surface area contributed by atoms with Gasteiger partial charge in [0, 0.05) is 36.8 Å². The molecule has 1 aliphatic heterocycles. The normalized spacial score (nSPS) is 17.9. The summed E-state index contributed by atoms with van der Waals surface area (Å²) in [7, 11) is 0. The van der Waals surface area contributed by atoms with E-state index in [0.717, 1.165) is 61.7 Å². The maximum atomic E-state index is 9.32. The summed E-state index contributed by atoms with van der Waals surface area (Å²) >= 11 is 1.63. The van der Waals surface area contributed by atoms with Gasteiger partial charge in [0.05, 0.1) is 29.4 Å². The van der Waals surface area contributed by atoms with Gasteiger partial charge in [-0.1, -0.05) is 18.2 Å². The molecule has 3 aromatic rings. The second-order valence-electron chi connectivity index (χ2n) is 6.74. The summed E-state index contributed by atoms with van der Waals surface area (Å²) in [6.07, 6.45) is 6.26. The summed E-state index contributed by atoms with van der Waals surface area (Å²) in [5.41, 5.74) is 4.85. The summed E-state index contributed by atoms with van der Waals surface area (Å²) in [6, 6.07) is 10.2. The molecule has 6 heteroatoms. The predicted molar refractivity (Wildman–Crippen MR) is 102 cm³/mol. The minimum atomic E-state index is 0.423. The Kier molecular flexibility index (Phi) is 5.09. The van der Waals surface area contributed by atoms with Gasteiger partial charge in [0.15, 0.2) is 0 Å². The molecular formula is C20H21N5S. The van der Waals surface area contributed by atoms with Gasteiger partial charge in [0.25, 0.3) is 0 Å². The Labute approximate surface area is 157 Å². The van der Waals surface area contributed by atoms with Crippen molar-refractivity contribution in [3.63, 3.8) is 0 Å². The lowest BCUT2D eigenvalue weighted by molar-refractivity contribution is 0.195. The van der Waals surface area contributed by atoms with E-state index in [0.29, 0.717) is 5.92 Å². The number of piperidine rings is 1. The third-order valence-corrected chi connectivity index (χ3v) is 5.60. The Bertz CT molecular complexity index is 893. The molecule has 0 saturated carbocycles. The number of thiazole rings is 1. The lowest BCUT2D eigenvalue weighted by atomic mass is 9.96. The van der Waals surface area contributed by atoms with E-state index in [1.165, 1.54) is 0 Å². The first-order chi connectivity index (χ1) is 12.8. The van der Waals surface area contributed by atoms with E-state index < -0.39 is 0 Å².